The summed E-state index contributed by atoms with van der Waals surface area (Å²) >= 11 is 1.28. The molecule has 9 nitrogen and oxygen atoms in total. The van der Waals surface area contributed by atoms with E-state index in [0.29, 0.717) is 16.9 Å². The van der Waals surface area contributed by atoms with Crippen LogP contribution in [0.25, 0.3) is 11.4 Å². The van der Waals surface area contributed by atoms with Crippen LogP contribution in [-0.4, -0.2) is 58.7 Å². The second kappa shape index (κ2) is 9.32. The third kappa shape index (κ3) is 4.11. The van der Waals surface area contributed by atoms with Gasteiger partial charge in [0.05, 0.1) is 16.6 Å². The summed E-state index contributed by atoms with van der Waals surface area (Å²) in [7, 11) is 3.72. The lowest BCUT2D eigenvalue weighted by molar-refractivity contribution is -0.131. The molecule has 2 aromatic heterocycles. The van der Waals surface area contributed by atoms with Crippen molar-refractivity contribution < 1.29 is 4.79 Å². The Morgan fingerprint density at radius 3 is 2.56 bits per heavy atom. The van der Waals surface area contributed by atoms with Gasteiger partial charge in [0.1, 0.15) is 0 Å². The summed E-state index contributed by atoms with van der Waals surface area (Å²) in [6, 6.07) is 9.73. The molecule has 0 spiro atoms. The number of hydrogen-bond donors (Lipinski definition) is 0. The fourth-order valence-corrected chi connectivity index (χ4v) is 5.23. The maximum absolute atomic E-state index is 13.3. The van der Waals surface area contributed by atoms with Crippen LogP contribution in [0.1, 0.15) is 44.7 Å². The van der Waals surface area contributed by atoms with Crippen molar-refractivity contribution in [2.24, 2.45) is 7.05 Å². The van der Waals surface area contributed by atoms with Crippen molar-refractivity contribution >= 4 is 17.7 Å². The van der Waals surface area contributed by atoms with Crippen LogP contribution in [0.15, 0.2) is 40.3 Å². The van der Waals surface area contributed by atoms with Gasteiger partial charge in [0.25, 0.3) is 5.56 Å². The Morgan fingerprint density at radius 2 is 1.88 bits per heavy atom. The first-order chi connectivity index (χ1) is 15.4. The summed E-state index contributed by atoms with van der Waals surface area (Å²) in [5, 5.41) is 12.1. The maximum atomic E-state index is 13.3. The number of carbonyl (C=O) groups is 1. The van der Waals surface area contributed by atoms with Crippen molar-refractivity contribution in [3.63, 3.8) is 0 Å². The Hall–Kier alpha value is -2.88. The van der Waals surface area contributed by atoms with Crippen molar-refractivity contribution in [2.45, 2.75) is 62.4 Å². The number of hydrogen-bond acceptors (Lipinski definition) is 6. The molecule has 4 rings (SSSR count). The van der Waals surface area contributed by atoms with Crippen LogP contribution >= 0.6 is 11.8 Å². The molecule has 1 amide bonds. The molecule has 1 atom stereocenters. The van der Waals surface area contributed by atoms with E-state index in [1.54, 1.807) is 9.36 Å². The van der Waals surface area contributed by atoms with Gasteiger partial charge in [-0.25, -0.2) is 4.68 Å². The minimum atomic E-state index is -0.368. The molecule has 0 saturated heterocycles. The lowest BCUT2D eigenvalue weighted by Crippen LogP contribution is -2.42. The Kier molecular flexibility index (Phi) is 6.50. The second-order valence-electron chi connectivity index (χ2n) is 8.28. The summed E-state index contributed by atoms with van der Waals surface area (Å²) in [5.41, 5.74) is 1.65. The molecule has 1 aromatic carbocycles. The lowest BCUT2D eigenvalue weighted by Gasteiger charge is -2.32. The van der Waals surface area contributed by atoms with Crippen molar-refractivity contribution in [1.29, 1.82) is 0 Å². The Morgan fingerprint density at radius 1 is 1.19 bits per heavy atom. The van der Waals surface area contributed by atoms with Crippen molar-refractivity contribution in [3.05, 3.63) is 46.4 Å². The average Bonchev–Trinajstić information content (AvgIpc) is 3.35. The third-order valence-corrected chi connectivity index (χ3v) is 7.30. The van der Waals surface area contributed by atoms with E-state index < -0.39 is 0 Å². The predicted molar refractivity (Wildman–Crippen MR) is 123 cm³/mol. The normalized spacial score (nSPS) is 15.6. The highest BCUT2D eigenvalue weighted by Gasteiger charge is 2.29. The topological polar surface area (TPSA) is 90.8 Å². The largest absolute Gasteiger partial charge is 0.342 e. The Balaban J connectivity index is 1.61. The molecule has 3 aromatic rings. The number of tetrazole rings is 1. The molecule has 1 fully saturated rings. The summed E-state index contributed by atoms with van der Waals surface area (Å²) in [4.78, 5) is 28.3. The zero-order chi connectivity index (χ0) is 22.8. The van der Waals surface area contributed by atoms with Crippen molar-refractivity contribution in [3.8, 4) is 11.4 Å². The van der Waals surface area contributed by atoms with E-state index in [1.807, 2.05) is 63.2 Å². The van der Waals surface area contributed by atoms with E-state index in [0.717, 1.165) is 24.2 Å². The molecule has 1 aliphatic carbocycles. The number of amides is 1. The highest BCUT2D eigenvalue weighted by Crippen LogP contribution is 2.27. The number of aromatic nitrogens is 6. The molecule has 0 aliphatic heterocycles. The van der Waals surface area contributed by atoms with Crippen LogP contribution in [0.4, 0.5) is 0 Å². The average molecular weight is 456 g/mol. The van der Waals surface area contributed by atoms with Crippen LogP contribution in [0.2, 0.25) is 0 Å². The van der Waals surface area contributed by atoms with Crippen LogP contribution in [0.3, 0.4) is 0 Å². The number of rotatable bonds is 6. The van der Waals surface area contributed by atoms with Gasteiger partial charge in [-0.3, -0.25) is 14.3 Å². The fourth-order valence-electron chi connectivity index (χ4n) is 4.33. The minimum absolute atomic E-state index is 0.0583. The minimum Gasteiger partial charge on any atom is -0.342 e. The molecular formula is C22H29N7O2S. The van der Waals surface area contributed by atoms with E-state index in [4.69, 9.17) is 0 Å². The smallest absolute Gasteiger partial charge is 0.297 e. The van der Waals surface area contributed by atoms with E-state index in [2.05, 4.69) is 15.5 Å². The van der Waals surface area contributed by atoms with Crippen LogP contribution in [0, 0.1) is 6.92 Å². The number of nitrogens with zero attached hydrogens (tertiary/aromatic N) is 7. The van der Waals surface area contributed by atoms with E-state index in [1.165, 1.54) is 35.7 Å². The van der Waals surface area contributed by atoms with Crippen LogP contribution < -0.4 is 5.56 Å². The first-order valence-corrected chi connectivity index (χ1v) is 11.8. The molecular weight excluding hydrogens is 426 g/mol. The monoisotopic (exact) mass is 455 g/mol. The molecule has 0 bridgehead atoms. The van der Waals surface area contributed by atoms with Crippen molar-refractivity contribution in [1.82, 2.24) is 34.5 Å². The lowest BCUT2D eigenvalue weighted by atomic mass is 9.94. The SMILES string of the molecule is Cc1c(-n2nnnc2SC(C)C(=O)N(C)C2CCCCC2)c(=O)n(-c2ccccc2)n1C. The molecule has 32 heavy (non-hydrogen) atoms. The first kappa shape index (κ1) is 22.3. The highest BCUT2D eigenvalue weighted by atomic mass is 32.2. The van der Waals surface area contributed by atoms with E-state index >= 15 is 0 Å². The van der Waals surface area contributed by atoms with Gasteiger partial charge in [-0.05, 0) is 49.2 Å². The van der Waals surface area contributed by atoms with E-state index in [9.17, 15) is 9.59 Å². The Labute approximate surface area is 191 Å². The summed E-state index contributed by atoms with van der Waals surface area (Å²) in [6.45, 7) is 3.73. The summed E-state index contributed by atoms with van der Waals surface area (Å²) in [6.07, 6.45) is 5.69. The number of carbonyl (C=O) groups excluding carboxylic acids is 1. The van der Waals surface area contributed by atoms with Crippen LogP contribution in [-0.2, 0) is 11.8 Å². The molecule has 0 radical (unpaired) electrons. The van der Waals surface area contributed by atoms with Gasteiger partial charge >= 0.3 is 0 Å². The molecule has 1 saturated carbocycles. The van der Waals surface area contributed by atoms with Gasteiger partial charge in [0, 0.05) is 20.1 Å². The van der Waals surface area contributed by atoms with Crippen molar-refractivity contribution in [2.75, 3.05) is 7.05 Å². The first-order valence-electron chi connectivity index (χ1n) is 11.0. The van der Waals surface area contributed by atoms with Gasteiger partial charge < -0.3 is 4.90 Å². The quantitative estimate of drug-likeness (QED) is 0.531. The predicted octanol–water partition coefficient (Wildman–Crippen LogP) is 2.73. The van der Waals surface area contributed by atoms with Gasteiger partial charge in [-0.2, -0.15) is 4.68 Å². The summed E-state index contributed by atoms with van der Waals surface area (Å²) in [5.74, 6) is 0.0583. The van der Waals surface area contributed by atoms with E-state index in [-0.39, 0.29) is 16.7 Å². The zero-order valence-electron chi connectivity index (χ0n) is 18.9. The summed E-state index contributed by atoms with van der Waals surface area (Å²) < 4.78 is 4.83. The highest BCUT2D eigenvalue weighted by molar-refractivity contribution is 8.00. The Bertz CT molecular complexity index is 1140. The van der Waals surface area contributed by atoms with Gasteiger partial charge in [-0.15, -0.1) is 5.10 Å². The number of benzene rings is 1. The van der Waals surface area contributed by atoms with Crippen LogP contribution in [0.5, 0.6) is 0 Å². The number of para-hydroxylation sites is 1. The van der Waals surface area contributed by atoms with Gasteiger partial charge in [-0.1, -0.05) is 49.2 Å². The zero-order valence-corrected chi connectivity index (χ0v) is 19.7. The van der Waals surface area contributed by atoms with Gasteiger partial charge in [0.2, 0.25) is 11.1 Å². The molecule has 2 heterocycles. The fraction of sp³-hybridized carbons (Fsp3) is 0.500. The standard InChI is InChI=1S/C22H29N7O2S/c1-15-19(21(31)29(27(15)4)18-13-9-6-10-14-18)28-22(23-24-25-28)32-16(2)20(30)26(3)17-11-7-5-8-12-17/h6,9-10,13-14,16-17H,5,7-8,11-12H2,1-4H3. The molecule has 10 heteroatoms. The maximum Gasteiger partial charge on any atom is 0.297 e. The third-order valence-electron chi connectivity index (χ3n) is 6.28. The second-order valence-corrected chi connectivity index (χ2v) is 9.59. The molecule has 1 unspecified atom stereocenters. The number of thioether (sulfide) groups is 1. The van der Waals surface area contributed by atoms with Gasteiger partial charge in [0.15, 0.2) is 5.69 Å². The molecule has 170 valence electrons. The molecule has 0 N–H and O–H groups in total. The molecule has 1 aliphatic rings.